The third-order valence-electron chi connectivity index (χ3n) is 7.28. The number of aromatic nitrogens is 3. The monoisotopic (exact) mass is 488 g/mol. The number of nitrogens with one attached hydrogen (secondary N) is 1. The molecule has 1 unspecified atom stereocenters. The van der Waals surface area contributed by atoms with E-state index in [1.165, 1.54) is 0 Å². The van der Waals surface area contributed by atoms with Gasteiger partial charge in [0, 0.05) is 30.4 Å². The van der Waals surface area contributed by atoms with Crippen LogP contribution in [0.5, 0.6) is 0 Å². The molecule has 3 heterocycles. The number of para-hydroxylation sites is 1. The molecule has 2 aliphatic rings. The van der Waals surface area contributed by atoms with E-state index in [1.54, 1.807) is 0 Å². The number of carbonyl (C=O) groups is 2. The molecule has 5 rings (SSSR count). The van der Waals surface area contributed by atoms with Crippen LogP contribution in [0.4, 0.5) is 5.69 Å². The predicted octanol–water partition coefficient (Wildman–Crippen LogP) is 4.32. The van der Waals surface area contributed by atoms with E-state index >= 15 is 0 Å². The Morgan fingerprint density at radius 1 is 1.17 bits per heavy atom. The van der Waals surface area contributed by atoms with Crippen LogP contribution in [0.15, 0.2) is 30.3 Å². The number of rotatable bonds is 6. The molecule has 0 bridgehead atoms. The molecule has 2 amide bonds. The fourth-order valence-electron chi connectivity index (χ4n) is 5.19. The Bertz CT molecular complexity index is 1320. The summed E-state index contributed by atoms with van der Waals surface area (Å²) in [6.07, 6.45) is 3.99. The lowest BCUT2D eigenvalue weighted by Gasteiger charge is -2.31. The van der Waals surface area contributed by atoms with E-state index in [0.29, 0.717) is 24.6 Å². The first-order valence-electron chi connectivity index (χ1n) is 12.9. The maximum absolute atomic E-state index is 13.8. The average molecular weight is 489 g/mol. The number of nitrogens with zero attached hydrogens (tertiary/aromatic N) is 4. The standard InChI is InChI=1S/C28H36N6O2/c1-17-24-21(14-23(18-11-12-18)30-26(24)34(32-17)28(2,3)4)27(36)31-22-10-6-5-8-19(22)15-33-13-7-9-20(16-33)25(29)35/h5-6,8,10,14,18,20H,7,9,11-13,15-16H2,1-4H3,(H2,29,35)(H,31,36). The Hall–Kier alpha value is -3.26. The van der Waals surface area contributed by atoms with Crippen molar-refractivity contribution in [3.8, 4) is 0 Å². The van der Waals surface area contributed by atoms with E-state index in [1.807, 2.05) is 41.9 Å². The maximum atomic E-state index is 13.8. The molecule has 1 saturated carbocycles. The summed E-state index contributed by atoms with van der Waals surface area (Å²) in [7, 11) is 0. The number of hydrogen-bond acceptors (Lipinski definition) is 5. The highest BCUT2D eigenvalue weighted by Crippen LogP contribution is 2.41. The summed E-state index contributed by atoms with van der Waals surface area (Å²) in [6.45, 7) is 10.5. The van der Waals surface area contributed by atoms with Crippen molar-refractivity contribution in [3.63, 3.8) is 0 Å². The summed E-state index contributed by atoms with van der Waals surface area (Å²) in [5.41, 5.74) is 10.3. The van der Waals surface area contributed by atoms with Crippen LogP contribution >= 0.6 is 0 Å². The van der Waals surface area contributed by atoms with Gasteiger partial charge in [-0.25, -0.2) is 9.67 Å². The van der Waals surface area contributed by atoms with Crippen molar-refractivity contribution < 1.29 is 9.59 Å². The van der Waals surface area contributed by atoms with E-state index in [-0.39, 0.29) is 23.3 Å². The second-order valence-corrected chi connectivity index (χ2v) is 11.3. The Morgan fingerprint density at radius 2 is 1.92 bits per heavy atom. The molecule has 1 aliphatic heterocycles. The van der Waals surface area contributed by atoms with Gasteiger partial charge in [-0.15, -0.1) is 0 Å². The number of primary amides is 1. The topological polar surface area (TPSA) is 106 Å². The van der Waals surface area contributed by atoms with E-state index < -0.39 is 0 Å². The summed E-state index contributed by atoms with van der Waals surface area (Å²) in [5, 5.41) is 8.77. The van der Waals surface area contributed by atoms with Gasteiger partial charge in [-0.2, -0.15) is 5.10 Å². The highest BCUT2D eigenvalue weighted by molar-refractivity contribution is 6.13. The summed E-state index contributed by atoms with van der Waals surface area (Å²) in [6, 6.07) is 9.84. The molecule has 8 heteroatoms. The lowest BCUT2D eigenvalue weighted by atomic mass is 9.97. The second-order valence-electron chi connectivity index (χ2n) is 11.3. The number of hydrogen-bond donors (Lipinski definition) is 2. The molecule has 1 aromatic carbocycles. The molecule has 8 nitrogen and oxygen atoms in total. The Morgan fingerprint density at radius 3 is 2.61 bits per heavy atom. The molecule has 2 aromatic heterocycles. The number of pyridine rings is 1. The summed E-state index contributed by atoms with van der Waals surface area (Å²) < 4.78 is 1.94. The number of fused-ring (bicyclic) bond motifs is 1. The van der Waals surface area contributed by atoms with Crippen molar-refractivity contribution in [1.82, 2.24) is 19.7 Å². The molecular formula is C28H36N6O2. The molecule has 0 spiro atoms. The van der Waals surface area contributed by atoms with Crippen molar-refractivity contribution >= 4 is 28.5 Å². The van der Waals surface area contributed by atoms with Crippen LogP contribution in [-0.2, 0) is 16.9 Å². The van der Waals surface area contributed by atoms with Crippen molar-refractivity contribution in [2.24, 2.45) is 11.7 Å². The predicted molar refractivity (Wildman–Crippen MR) is 141 cm³/mol. The average Bonchev–Trinajstić information content (AvgIpc) is 3.62. The normalized spacial score (nSPS) is 18.9. The first-order chi connectivity index (χ1) is 17.1. The van der Waals surface area contributed by atoms with E-state index in [2.05, 4.69) is 31.0 Å². The highest BCUT2D eigenvalue weighted by Gasteiger charge is 2.31. The number of benzene rings is 1. The first kappa shape index (κ1) is 24.4. The minimum Gasteiger partial charge on any atom is -0.369 e. The van der Waals surface area contributed by atoms with Crippen LogP contribution in [0.2, 0.25) is 0 Å². The molecule has 36 heavy (non-hydrogen) atoms. The van der Waals surface area contributed by atoms with Crippen molar-refractivity contribution in [3.05, 3.63) is 52.8 Å². The molecule has 1 aliphatic carbocycles. The number of carbonyl (C=O) groups excluding carboxylic acids is 2. The third kappa shape index (κ3) is 4.87. The summed E-state index contributed by atoms with van der Waals surface area (Å²) >= 11 is 0. The van der Waals surface area contributed by atoms with E-state index in [9.17, 15) is 9.59 Å². The van der Waals surface area contributed by atoms with Crippen LogP contribution in [-0.4, -0.2) is 44.6 Å². The third-order valence-corrected chi connectivity index (χ3v) is 7.28. The fraction of sp³-hybridized carbons (Fsp3) is 0.500. The van der Waals surface area contributed by atoms with Crippen LogP contribution in [0, 0.1) is 12.8 Å². The number of piperidine rings is 1. The van der Waals surface area contributed by atoms with Crippen LogP contribution in [0.3, 0.4) is 0 Å². The van der Waals surface area contributed by atoms with E-state index in [0.717, 1.165) is 65.9 Å². The molecule has 3 N–H and O–H groups in total. The van der Waals surface area contributed by atoms with Gasteiger partial charge in [-0.3, -0.25) is 14.5 Å². The van der Waals surface area contributed by atoms with Gasteiger partial charge in [0.05, 0.1) is 28.1 Å². The van der Waals surface area contributed by atoms with Gasteiger partial charge in [-0.05, 0) is 77.6 Å². The first-order valence-corrected chi connectivity index (χ1v) is 12.9. The number of nitrogens with two attached hydrogens (primary N) is 1. The Balaban J connectivity index is 1.46. The largest absolute Gasteiger partial charge is 0.369 e. The molecule has 3 aromatic rings. The molecule has 1 saturated heterocycles. The number of anilines is 1. The van der Waals surface area contributed by atoms with Gasteiger partial charge in [0.25, 0.3) is 5.91 Å². The van der Waals surface area contributed by atoms with Gasteiger partial charge >= 0.3 is 0 Å². The Labute approximate surface area is 212 Å². The second kappa shape index (κ2) is 9.32. The van der Waals surface area contributed by atoms with Gasteiger partial charge in [0.2, 0.25) is 5.91 Å². The minimum absolute atomic E-state index is 0.117. The van der Waals surface area contributed by atoms with Crippen LogP contribution in [0.25, 0.3) is 11.0 Å². The summed E-state index contributed by atoms with van der Waals surface area (Å²) in [5.74, 6) is -0.0921. The summed E-state index contributed by atoms with van der Waals surface area (Å²) in [4.78, 5) is 32.7. The molecule has 2 fully saturated rings. The van der Waals surface area contributed by atoms with E-state index in [4.69, 9.17) is 15.8 Å². The Kier molecular flexibility index (Phi) is 6.32. The van der Waals surface area contributed by atoms with Crippen molar-refractivity contribution in [2.75, 3.05) is 18.4 Å². The zero-order valence-electron chi connectivity index (χ0n) is 21.7. The number of amides is 2. The lowest BCUT2D eigenvalue weighted by Crippen LogP contribution is -2.40. The number of aryl methyl sites for hydroxylation is 1. The maximum Gasteiger partial charge on any atom is 0.256 e. The van der Waals surface area contributed by atoms with Crippen molar-refractivity contribution in [1.29, 1.82) is 0 Å². The lowest BCUT2D eigenvalue weighted by molar-refractivity contribution is -0.123. The smallest absolute Gasteiger partial charge is 0.256 e. The molecule has 190 valence electrons. The molecule has 0 radical (unpaired) electrons. The van der Waals surface area contributed by atoms with Gasteiger partial charge in [-0.1, -0.05) is 18.2 Å². The quantitative estimate of drug-likeness (QED) is 0.537. The van der Waals surface area contributed by atoms with Gasteiger partial charge in [0.1, 0.15) is 0 Å². The van der Waals surface area contributed by atoms with Crippen LogP contribution < -0.4 is 11.1 Å². The number of likely N-dealkylation sites (tertiary alicyclic amines) is 1. The zero-order chi connectivity index (χ0) is 25.6. The minimum atomic E-state index is -0.251. The van der Waals surface area contributed by atoms with Crippen LogP contribution in [0.1, 0.15) is 79.7 Å². The highest BCUT2D eigenvalue weighted by atomic mass is 16.2. The molecule has 1 atom stereocenters. The molecular weight excluding hydrogens is 452 g/mol. The van der Waals surface area contributed by atoms with Crippen molar-refractivity contribution in [2.45, 2.75) is 71.4 Å². The SMILES string of the molecule is Cc1nn(C(C)(C)C)c2nc(C3CC3)cc(C(=O)Nc3ccccc3CN3CCCC(C(N)=O)C3)c12. The van der Waals surface area contributed by atoms with Gasteiger partial charge in [0.15, 0.2) is 5.65 Å². The van der Waals surface area contributed by atoms with Gasteiger partial charge < -0.3 is 11.1 Å². The fourth-order valence-corrected chi connectivity index (χ4v) is 5.19. The zero-order valence-corrected chi connectivity index (χ0v) is 21.7.